The van der Waals surface area contributed by atoms with E-state index in [2.05, 4.69) is 49.9 Å². The largest absolute Gasteiger partial charge is 0.376 e. The minimum atomic E-state index is 0.711. The van der Waals surface area contributed by atoms with Crippen LogP contribution in [0, 0.1) is 5.92 Å². The third-order valence-corrected chi connectivity index (χ3v) is 4.82. The van der Waals surface area contributed by atoms with Gasteiger partial charge in [0.05, 0.1) is 13.2 Å². The lowest BCUT2D eigenvalue weighted by Crippen LogP contribution is -2.11. The van der Waals surface area contributed by atoms with E-state index in [1.807, 2.05) is 6.08 Å². The van der Waals surface area contributed by atoms with Gasteiger partial charge >= 0.3 is 0 Å². The summed E-state index contributed by atoms with van der Waals surface area (Å²) in [7, 11) is 0. The molecule has 0 spiro atoms. The molecule has 0 radical (unpaired) electrons. The number of hydrogen-bond acceptors (Lipinski definition) is 1. The van der Waals surface area contributed by atoms with Crippen molar-refractivity contribution in [2.45, 2.75) is 64.4 Å². The maximum atomic E-state index is 5.63. The number of rotatable bonds is 9. The van der Waals surface area contributed by atoms with Gasteiger partial charge in [0.15, 0.2) is 0 Å². The molecule has 1 aromatic rings. The lowest BCUT2D eigenvalue weighted by atomic mass is 9.78. The van der Waals surface area contributed by atoms with Crippen molar-refractivity contribution < 1.29 is 4.74 Å². The van der Waals surface area contributed by atoms with E-state index in [0.717, 1.165) is 24.9 Å². The molecule has 1 nitrogen and oxygen atoms in total. The lowest BCUT2D eigenvalue weighted by molar-refractivity contribution is 0.125. The van der Waals surface area contributed by atoms with Gasteiger partial charge in [0.1, 0.15) is 0 Å². The van der Waals surface area contributed by atoms with Crippen LogP contribution in [-0.4, -0.2) is 6.61 Å². The smallest absolute Gasteiger partial charge is 0.0717 e. The number of benzene rings is 1. The summed E-state index contributed by atoms with van der Waals surface area (Å²) < 4.78 is 5.63. The molecule has 0 unspecified atom stereocenters. The van der Waals surface area contributed by atoms with Crippen LogP contribution >= 0.6 is 0 Å². The second kappa shape index (κ2) is 10.4. The summed E-state index contributed by atoms with van der Waals surface area (Å²) in [4.78, 5) is 0. The number of ether oxygens (including phenoxy) is 1. The maximum absolute atomic E-state index is 5.63. The Balaban J connectivity index is 1.76. The van der Waals surface area contributed by atoms with Gasteiger partial charge in [-0.25, -0.2) is 0 Å². The van der Waals surface area contributed by atoms with Gasteiger partial charge in [-0.05, 0) is 61.5 Å². The first-order chi connectivity index (χ1) is 11.3. The molecule has 23 heavy (non-hydrogen) atoms. The zero-order chi connectivity index (χ0) is 16.3. The molecule has 0 amide bonds. The van der Waals surface area contributed by atoms with Gasteiger partial charge in [0.25, 0.3) is 0 Å². The van der Waals surface area contributed by atoms with Crippen molar-refractivity contribution in [3.8, 4) is 0 Å². The molecule has 2 rings (SSSR count). The monoisotopic (exact) mass is 312 g/mol. The number of unbranched alkanes of at least 4 members (excludes halogenated alkanes) is 1. The van der Waals surface area contributed by atoms with Crippen LogP contribution in [0.2, 0.25) is 0 Å². The zero-order valence-electron chi connectivity index (χ0n) is 14.7. The van der Waals surface area contributed by atoms with E-state index in [1.165, 1.54) is 49.7 Å². The van der Waals surface area contributed by atoms with Gasteiger partial charge in [-0.1, -0.05) is 55.8 Å². The molecule has 1 fully saturated rings. The second-order valence-corrected chi connectivity index (χ2v) is 6.70. The molecule has 0 N–H and O–H groups in total. The van der Waals surface area contributed by atoms with E-state index >= 15 is 0 Å². The molecular weight excluding hydrogens is 280 g/mol. The molecule has 1 aliphatic rings. The Morgan fingerprint density at radius 1 is 1.09 bits per heavy atom. The Labute approximate surface area is 142 Å². The summed E-state index contributed by atoms with van der Waals surface area (Å²) in [6.45, 7) is 7.43. The van der Waals surface area contributed by atoms with Gasteiger partial charge in [0, 0.05) is 0 Å². The first-order valence-electron chi connectivity index (χ1n) is 9.27. The minimum Gasteiger partial charge on any atom is -0.376 e. The average Bonchev–Trinajstić information content (AvgIpc) is 2.60. The van der Waals surface area contributed by atoms with Gasteiger partial charge in [-0.15, -0.1) is 6.58 Å². The highest BCUT2D eigenvalue weighted by molar-refractivity contribution is 5.25. The summed E-state index contributed by atoms with van der Waals surface area (Å²) in [6, 6.07) is 9.08. The topological polar surface area (TPSA) is 9.23 Å². The van der Waals surface area contributed by atoms with Crippen LogP contribution in [0.1, 0.15) is 68.9 Å². The predicted molar refractivity (Wildman–Crippen MR) is 99.7 cm³/mol. The third-order valence-electron chi connectivity index (χ3n) is 4.82. The van der Waals surface area contributed by atoms with Crippen molar-refractivity contribution in [3.05, 3.63) is 60.2 Å². The van der Waals surface area contributed by atoms with Crippen molar-refractivity contribution in [2.24, 2.45) is 5.92 Å². The Hall–Kier alpha value is -1.34. The summed E-state index contributed by atoms with van der Waals surface area (Å²) >= 11 is 0. The highest BCUT2D eigenvalue weighted by atomic mass is 16.5. The number of hydrogen-bond donors (Lipinski definition) is 0. The predicted octanol–water partition coefficient (Wildman–Crippen LogP) is 6.41. The molecule has 0 heterocycles. The summed E-state index contributed by atoms with van der Waals surface area (Å²) in [5.41, 5.74) is 2.78. The summed E-state index contributed by atoms with van der Waals surface area (Å²) in [5.74, 6) is 1.57. The second-order valence-electron chi connectivity index (χ2n) is 6.70. The van der Waals surface area contributed by atoms with Crippen molar-refractivity contribution in [1.82, 2.24) is 0 Å². The summed E-state index contributed by atoms with van der Waals surface area (Å²) in [6.07, 6.45) is 15.5. The Morgan fingerprint density at radius 3 is 2.48 bits per heavy atom. The van der Waals surface area contributed by atoms with Gasteiger partial charge in [-0.2, -0.15) is 0 Å². The summed E-state index contributed by atoms with van der Waals surface area (Å²) in [5, 5.41) is 0. The lowest BCUT2D eigenvalue weighted by Gasteiger charge is -2.27. The van der Waals surface area contributed by atoms with Gasteiger partial charge < -0.3 is 4.74 Å². The molecule has 1 heteroatoms. The fourth-order valence-corrected chi connectivity index (χ4v) is 3.34. The molecule has 0 aliphatic heterocycles. The maximum Gasteiger partial charge on any atom is 0.0717 e. The van der Waals surface area contributed by atoms with Crippen LogP contribution in [0.25, 0.3) is 0 Å². The van der Waals surface area contributed by atoms with Crippen molar-refractivity contribution in [3.63, 3.8) is 0 Å². The molecule has 0 saturated heterocycles. The first-order valence-corrected chi connectivity index (χ1v) is 9.27. The fourth-order valence-electron chi connectivity index (χ4n) is 3.34. The molecule has 1 saturated carbocycles. The van der Waals surface area contributed by atoms with Crippen LogP contribution in [0.3, 0.4) is 0 Å². The first kappa shape index (κ1) is 18.0. The minimum absolute atomic E-state index is 0.711. The van der Waals surface area contributed by atoms with Gasteiger partial charge in [-0.3, -0.25) is 0 Å². The van der Waals surface area contributed by atoms with E-state index in [1.54, 1.807) is 0 Å². The standard InChI is InChI=1S/C22H32O/c1-3-5-7-8-19-9-13-21(14-10-19)22-15-11-20(12-16-22)18-23-17-6-4-2/h4,7-8,11-12,15-16,19,21H,2-3,5-6,9-10,13-14,17-18H2,1H3/b8-7+. The average molecular weight is 312 g/mol. The SMILES string of the molecule is C=CCCOCc1ccc(C2CCC(/C=C/CCC)CC2)cc1. The van der Waals surface area contributed by atoms with E-state index < -0.39 is 0 Å². The molecule has 126 valence electrons. The molecule has 0 aromatic heterocycles. The highest BCUT2D eigenvalue weighted by Crippen LogP contribution is 2.36. The van der Waals surface area contributed by atoms with Crippen LogP contribution < -0.4 is 0 Å². The number of allylic oxidation sites excluding steroid dienone is 2. The van der Waals surface area contributed by atoms with Crippen LogP contribution in [-0.2, 0) is 11.3 Å². The van der Waals surface area contributed by atoms with E-state index in [9.17, 15) is 0 Å². The molecule has 0 bridgehead atoms. The Morgan fingerprint density at radius 2 is 1.83 bits per heavy atom. The quantitative estimate of drug-likeness (QED) is 0.378. The van der Waals surface area contributed by atoms with Crippen LogP contribution in [0.15, 0.2) is 49.1 Å². The van der Waals surface area contributed by atoms with E-state index in [4.69, 9.17) is 4.74 Å². The van der Waals surface area contributed by atoms with Crippen molar-refractivity contribution >= 4 is 0 Å². The van der Waals surface area contributed by atoms with Crippen LogP contribution in [0.5, 0.6) is 0 Å². The van der Waals surface area contributed by atoms with Crippen LogP contribution in [0.4, 0.5) is 0 Å². The Kier molecular flexibility index (Phi) is 8.17. The molecular formula is C22H32O. The Bertz CT molecular complexity index is 463. The fraction of sp³-hybridized carbons (Fsp3) is 0.545. The normalized spacial score (nSPS) is 21.6. The zero-order valence-corrected chi connectivity index (χ0v) is 14.7. The van der Waals surface area contributed by atoms with E-state index in [0.29, 0.717) is 6.61 Å². The molecule has 1 aromatic carbocycles. The van der Waals surface area contributed by atoms with Crippen molar-refractivity contribution in [1.29, 1.82) is 0 Å². The van der Waals surface area contributed by atoms with E-state index in [-0.39, 0.29) is 0 Å². The van der Waals surface area contributed by atoms with Gasteiger partial charge in [0.2, 0.25) is 0 Å². The third kappa shape index (κ3) is 6.35. The van der Waals surface area contributed by atoms with Crippen molar-refractivity contribution in [2.75, 3.05) is 6.61 Å². The molecule has 0 atom stereocenters. The highest BCUT2D eigenvalue weighted by Gasteiger charge is 2.20. The molecule has 1 aliphatic carbocycles.